The number of thioether (sulfide) groups is 1. The highest BCUT2D eigenvalue weighted by Gasteiger charge is 2.12. The van der Waals surface area contributed by atoms with Crippen molar-refractivity contribution in [1.29, 1.82) is 0 Å². The number of amides is 1. The molecule has 0 aromatic carbocycles. The average Bonchev–Trinajstić information content (AvgIpc) is 2.91. The fourth-order valence-corrected chi connectivity index (χ4v) is 3.12. The molecule has 12 heteroatoms. The zero-order chi connectivity index (χ0) is 16.8. The monoisotopic (exact) mass is 393 g/mol. The van der Waals surface area contributed by atoms with Crippen LogP contribution in [0.2, 0.25) is 10.0 Å². The first-order valence-electron chi connectivity index (χ1n) is 5.92. The Kier molecular flexibility index (Phi) is 6.39. The number of halogens is 2. The largest absolute Gasteiger partial charge is 0.455 e. The number of pyridine rings is 1. The van der Waals surface area contributed by atoms with Crippen LogP contribution in [0.3, 0.4) is 0 Å². The molecule has 3 N–H and O–H groups in total. The summed E-state index contributed by atoms with van der Waals surface area (Å²) in [7, 11) is 0. The van der Waals surface area contributed by atoms with Gasteiger partial charge in [0.1, 0.15) is 0 Å². The van der Waals surface area contributed by atoms with Crippen LogP contribution in [0.25, 0.3) is 0 Å². The first-order chi connectivity index (χ1) is 10.9. The van der Waals surface area contributed by atoms with Crippen LogP contribution in [-0.2, 0) is 14.3 Å². The summed E-state index contributed by atoms with van der Waals surface area (Å²) in [6.07, 6.45) is 1.33. The van der Waals surface area contributed by atoms with Crippen molar-refractivity contribution in [3.8, 4) is 0 Å². The first kappa shape index (κ1) is 17.7. The Morgan fingerprint density at radius 2 is 2.17 bits per heavy atom. The van der Waals surface area contributed by atoms with Crippen molar-refractivity contribution in [3.63, 3.8) is 0 Å². The lowest BCUT2D eigenvalue weighted by Gasteiger charge is -2.07. The summed E-state index contributed by atoms with van der Waals surface area (Å²) in [5, 5.41) is 10.6. The number of aromatic nitrogens is 3. The van der Waals surface area contributed by atoms with E-state index < -0.39 is 18.5 Å². The first-order valence-corrected chi connectivity index (χ1v) is 8.48. The van der Waals surface area contributed by atoms with E-state index in [0.29, 0.717) is 14.5 Å². The van der Waals surface area contributed by atoms with Gasteiger partial charge in [-0.2, -0.15) is 0 Å². The lowest BCUT2D eigenvalue weighted by atomic mass is 10.4. The molecule has 0 aliphatic rings. The molecule has 0 aliphatic carbocycles. The van der Waals surface area contributed by atoms with Gasteiger partial charge in [0.15, 0.2) is 16.8 Å². The Morgan fingerprint density at radius 3 is 2.83 bits per heavy atom. The molecule has 0 radical (unpaired) electrons. The maximum atomic E-state index is 11.7. The molecule has 0 spiro atoms. The van der Waals surface area contributed by atoms with Gasteiger partial charge in [-0.05, 0) is 6.07 Å². The molecule has 0 atom stereocenters. The van der Waals surface area contributed by atoms with Crippen molar-refractivity contribution in [2.24, 2.45) is 0 Å². The zero-order valence-electron chi connectivity index (χ0n) is 11.3. The molecule has 0 bridgehead atoms. The van der Waals surface area contributed by atoms with Crippen LogP contribution in [-0.4, -0.2) is 39.4 Å². The second kappa shape index (κ2) is 8.29. The number of carbonyl (C=O) groups is 2. The van der Waals surface area contributed by atoms with E-state index in [-0.39, 0.29) is 16.6 Å². The second-order valence-corrected chi connectivity index (χ2v) is 6.96. The van der Waals surface area contributed by atoms with E-state index in [4.69, 9.17) is 33.7 Å². The summed E-state index contributed by atoms with van der Waals surface area (Å²) >= 11 is 13.8. The van der Waals surface area contributed by atoms with Crippen molar-refractivity contribution in [2.45, 2.75) is 4.34 Å². The molecule has 2 aromatic heterocycles. The van der Waals surface area contributed by atoms with Gasteiger partial charge in [0.2, 0.25) is 5.13 Å². The van der Waals surface area contributed by atoms with Gasteiger partial charge in [-0.1, -0.05) is 46.3 Å². The Bertz CT molecular complexity index is 727. The number of nitrogen functional groups attached to an aromatic ring is 1. The van der Waals surface area contributed by atoms with Gasteiger partial charge in [0, 0.05) is 6.20 Å². The van der Waals surface area contributed by atoms with Crippen molar-refractivity contribution >= 4 is 69.1 Å². The fraction of sp³-hybridized carbons (Fsp3) is 0.182. The highest BCUT2D eigenvalue weighted by molar-refractivity contribution is 8.01. The Morgan fingerprint density at radius 1 is 1.39 bits per heavy atom. The highest BCUT2D eigenvalue weighted by atomic mass is 35.5. The molecule has 122 valence electrons. The molecule has 23 heavy (non-hydrogen) atoms. The van der Waals surface area contributed by atoms with Crippen LogP contribution in [0.1, 0.15) is 0 Å². The third kappa shape index (κ3) is 5.82. The van der Waals surface area contributed by atoms with Gasteiger partial charge in [0.05, 0.1) is 15.8 Å². The van der Waals surface area contributed by atoms with Gasteiger partial charge >= 0.3 is 5.97 Å². The van der Waals surface area contributed by atoms with E-state index in [2.05, 4.69) is 20.5 Å². The van der Waals surface area contributed by atoms with E-state index >= 15 is 0 Å². The summed E-state index contributed by atoms with van der Waals surface area (Å²) in [5.74, 6) is -1.02. The number of anilines is 2. The minimum Gasteiger partial charge on any atom is -0.455 e. The molecule has 2 heterocycles. The number of nitrogens with zero attached hydrogens (tertiary/aromatic N) is 3. The van der Waals surface area contributed by atoms with Crippen LogP contribution in [0.4, 0.5) is 10.9 Å². The van der Waals surface area contributed by atoms with Gasteiger partial charge in [-0.3, -0.25) is 9.59 Å². The predicted octanol–water partition coefficient (Wildman–Crippen LogP) is 2.10. The topological polar surface area (TPSA) is 120 Å². The lowest BCUT2D eigenvalue weighted by molar-refractivity contribution is -0.144. The van der Waals surface area contributed by atoms with Crippen molar-refractivity contribution in [3.05, 3.63) is 22.3 Å². The third-order valence-corrected chi connectivity index (χ3v) is 4.52. The molecule has 2 aromatic rings. The third-order valence-electron chi connectivity index (χ3n) is 2.17. The highest BCUT2D eigenvalue weighted by Crippen LogP contribution is 2.24. The maximum absolute atomic E-state index is 11.7. The van der Waals surface area contributed by atoms with Gasteiger partial charge in [-0.25, -0.2) is 4.98 Å². The molecular weight excluding hydrogens is 385 g/mol. The van der Waals surface area contributed by atoms with Gasteiger partial charge in [0.25, 0.3) is 5.91 Å². The molecule has 0 saturated heterocycles. The number of ether oxygens (including phenoxy) is 1. The number of esters is 1. The standard InChI is InChI=1S/C11H9Cl2N5O3S2/c12-5-1-6(13)9(15-2-5)16-7(19)3-21-8(20)4-22-11-18-17-10(14)23-11/h1-2H,3-4H2,(H2,14,17)(H,15,16,19). The van der Waals surface area contributed by atoms with E-state index in [1.807, 2.05) is 0 Å². The Balaban J connectivity index is 1.74. The van der Waals surface area contributed by atoms with Crippen molar-refractivity contribution in [1.82, 2.24) is 15.2 Å². The van der Waals surface area contributed by atoms with Crippen LogP contribution in [0.15, 0.2) is 16.6 Å². The molecule has 0 aliphatic heterocycles. The Labute approximate surface area is 148 Å². The SMILES string of the molecule is Nc1nnc(SCC(=O)OCC(=O)Nc2ncc(Cl)cc2Cl)s1. The normalized spacial score (nSPS) is 10.3. The van der Waals surface area contributed by atoms with Crippen molar-refractivity contribution < 1.29 is 14.3 Å². The van der Waals surface area contributed by atoms with Crippen molar-refractivity contribution in [2.75, 3.05) is 23.4 Å². The summed E-state index contributed by atoms with van der Waals surface area (Å²) in [4.78, 5) is 27.1. The minimum atomic E-state index is -0.575. The molecule has 8 nitrogen and oxygen atoms in total. The quantitative estimate of drug-likeness (QED) is 0.565. The van der Waals surface area contributed by atoms with E-state index in [9.17, 15) is 9.59 Å². The molecule has 0 unspecified atom stereocenters. The van der Waals surface area contributed by atoms with Crippen LogP contribution >= 0.6 is 46.3 Å². The number of hydrogen-bond acceptors (Lipinski definition) is 9. The lowest BCUT2D eigenvalue weighted by Crippen LogP contribution is -2.22. The molecule has 0 saturated carbocycles. The van der Waals surface area contributed by atoms with Gasteiger partial charge < -0.3 is 15.8 Å². The number of nitrogens with two attached hydrogens (primary N) is 1. The van der Waals surface area contributed by atoms with Crippen LogP contribution in [0, 0.1) is 0 Å². The number of carbonyl (C=O) groups excluding carboxylic acids is 2. The van der Waals surface area contributed by atoms with Crippen LogP contribution < -0.4 is 11.1 Å². The summed E-state index contributed by atoms with van der Waals surface area (Å²) in [6, 6.07) is 1.43. The fourth-order valence-electron chi connectivity index (χ4n) is 1.26. The molecule has 1 amide bonds. The van der Waals surface area contributed by atoms with E-state index in [1.54, 1.807) is 0 Å². The number of rotatable bonds is 6. The number of hydrogen-bond donors (Lipinski definition) is 2. The second-order valence-electron chi connectivity index (χ2n) is 3.89. The molecule has 2 rings (SSSR count). The summed E-state index contributed by atoms with van der Waals surface area (Å²) < 4.78 is 5.37. The number of nitrogens with one attached hydrogen (secondary N) is 1. The van der Waals surface area contributed by atoms with E-state index in [1.165, 1.54) is 12.3 Å². The Hall–Kier alpha value is -1.62. The van der Waals surface area contributed by atoms with E-state index in [0.717, 1.165) is 23.1 Å². The predicted molar refractivity (Wildman–Crippen MR) is 88.9 cm³/mol. The summed E-state index contributed by atoms with van der Waals surface area (Å²) in [6.45, 7) is -0.460. The average molecular weight is 394 g/mol. The smallest absolute Gasteiger partial charge is 0.316 e. The molecular formula is C11H9Cl2N5O3S2. The zero-order valence-corrected chi connectivity index (χ0v) is 14.4. The van der Waals surface area contributed by atoms with Gasteiger partial charge in [-0.15, -0.1) is 10.2 Å². The van der Waals surface area contributed by atoms with Crippen LogP contribution in [0.5, 0.6) is 0 Å². The minimum absolute atomic E-state index is 0.0120. The summed E-state index contributed by atoms with van der Waals surface area (Å²) in [5.41, 5.74) is 5.42. The molecule has 0 fully saturated rings. The maximum Gasteiger partial charge on any atom is 0.316 e.